The SMILES string of the molecule is CCC(C)C.FC(F)(CCCCc1ccc2c(n1)NCCC2)C1CCNC1. The summed E-state index contributed by atoms with van der Waals surface area (Å²) in [6.07, 6.45) is 6.27. The van der Waals surface area contributed by atoms with Crippen molar-refractivity contribution in [1.29, 1.82) is 0 Å². The van der Waals surface area contributed by atoms with E-state index in [0.717, 1.165) is 56.2 Å². The normalized spacial score (nSPS) is 19.3. The first kappa shape index (κ1) is 22.1. The second kappa shape index (κ2) is 10.9. The van der Waals surface area contributed by atoms with Crippen LogP contribution in [0.2, 0.25) is 0 Å². The molecule has 1 atom stereocenters. The molecule has 1 fully saturated rings. The van der Waals surface area contributed by atoms with Gasteiger partial charge in [-0.1, -0.05) is 33.3 Å². The van der Waals surface area contributed by atoms with Crippen LogP contribution in [0.15, 0.2) is 12.1 Å². The van der Waals surface area contributed by atoms with Gasteiger partial charge in [0.25, 0.3) is 5.92 Å². The molecule has 0 bridgehead atoms. The van der Waals surface area contributed by atoms with Gasteiger partial charge in [0.05, 0.1) is 0 Å². The zero-order chi connectivity index (χ0) is 19.7. The molecule has 27 heavy (non-hydrogen) atoms. The minimum absolute atomic E-state index is 0.00252. The van der Waals surface area contributed by atoms with Crippen LogP contribution in [-0.2, 0) is 12.8 Å². The molecule has 3 nitrogen and oxygen atoms in total. The van der Waals surface area contributed by atoms with Crippen LogP contribution in [0.5, 0.6) is 0 Å². The summed E-state index contributed by atoms with van der Waals surface area (Å²) in [5.41, 5.74) is 2.29. The summed E-state index contributed by atoms with van der Waals surface area (Å²) in [7, 11) is 0. The van der Waals surface area contributed by atoms with Gasteiger partial charge in [0.2, 0.25) is 0 Å². The van der Waals surface area contributed by atoms with Crippen LogP contribution in [0.1, 0.15) is 70.6 Å². The molecule has 1 unspecified atom stereocenters. The van der Waals surface area contributed by atoms with Crippen molar-refractivity contribution < 1.29 is 8.78 Å². The molecular weight excluding hydrogens is 344 g/mol. The lowest BCUT2D eigenvalue weighted by Gasteiger charge is -2.22. The quantitative estimate of drug-likeness (QED) is 0.617. The van der Waals surface area contributed by atoms with Crippen LogP contribution in [0.25, 0.3) is 0 Å². The molecule has 3 heterocycles. The molecule has 0 radical (unpaired) electrons. The third-order valence-electron chi connectivity index (χ3n) is 5.62. The number of pyridine rings is 1. The van der Waals surface area contributed by atoms with Gasteiger partial charge in [0.15, 0.2) is 0 Å². The molecule has 2 aliphatic heterocycles. The fraction of sp³-hybridized carbons (Fsp3) is 0.773. The second-order valence-corrected chi connectivity index (χ2v) is 8.30. The number of unbranched alkanes of at least 4 members (excludes halogenated alkanes) is 1. The Balaban J connectivity index is 0.000000465. The number of halogens is 2. The molecule has 5 heteroatoms. The van der Waals surface area contributed by atoms with E-state index in [1.54, 1.807) is 0 Å². The predicted molar refractivity (Wildman–Crippen MR) is 110 cm³/mol. The van der Waals surface area contributed by atoms with Crippen molar-refractivity contribution in [2.24, 2.45) is 11.8 Å². The van der Waals surface area contributed by atoms with Gasteiger partial charge in [-0.2, -0.15) is 0 Å². The maximum Gasteiger partial charge on any atom is 0.252 e. The summed E-state index contributed by atoms with van der Waals surface area (Å²) in [5, 5.41) is 6.34. The average molecular weight is 382 g/mol. The molecule has 154 valence electrons. The van der Waals surface area contributed by atoms with Crippen LogP contribution in [0.4, 0.5) is 14.6 Å². The van der Waals surface area contributed by atoms with Crippen LogP contribution in [-0.4, -0.2) is 30.5 Å². The van der Waals surface area contributed by atoms with Gasteiger partial charge < -0.3 is 10.6 Å². The number of aryl methyl sites for hydroxylation is 2. The Morgan fingerprint density at radius 1 is 1.22 bits per heavy atom. The Morgan fingerprint density at radius 2 is 2.00 bits per heavy atom. The highest BCUT2D eigenvalue weighted by Gasteiger charge is 2.39. The standard InChI is InChI=1S/C17H25F2N3.C5H12/c18-17(19,14-8-11-20-12-14)9-2-1-5-15-7-6-13-4-3-10-21-16(13)22-15;1-4-5(2)3/h6-7,14,20H,1-5,8-12H2,(H,21,22);5H,4H2,1-3H3. The third-order valence-corrected chi connectivity index (χ3v) is 5.62. The maximum absolute atomic E-state index is 14.0. The third kappa shape index (κ3) is 7.36. The first-order valence-electron chi connectivity index (χ1n) is 10.7. The molecular formula is C22H37F2N3. The number of alkyl halides is 2. The van der Waals surface area contributed by atoms with Crippen LogP contribution >= 0.6 is 0 Å². The molecule has 1 saturated heterocycles. The maximum atomic E-state index is 14.0. The summed E-state index contributed by atoms with van der Waals surface area (Å²) < 4.78 is 28.0. The zero-order valence-corrected chi connectivity index (χ0v) is 17.3. The van der Waals surface area contributed by atoms with E-state index in [1.807, 2.05) is 6.07 Å². The van der Waals surface area contributed by atoms with E-state index in [2.05, 4.69) is 42.5 Å². The van der Waals surface area contributed by atoms with E-state index in [9.17, 15) is 8.78 Å². The molecule has 3 rings (SSSR count). The van der Waals surface area contributed by atoms with E-state index >= 15 is 0 Å². The number of rotatable bonds is 7. The van der Waals surface area contributed by atoms with Crippen molar-refractivity contribution in [2.75, 3.05) is 25.0 Å². The highest BCUT2D eigenvalue weighted by atomic mass is 19.3. The fourth-order valence-electron chi connectivity index (χ4n) is 3.39. The Morgan fingerprint density at radius 3 is 2.67 bits per heavy atom. The van der Waals surface area contributed by atoms with Crippen molar-refractivity contribution in [2.45, 2.75) is 78.1 Å². The van der Waals surface area contributed by atoms with E-state index in [1.165, 1.54) is 12.0 Å². The van der Waals surface area contributed by atoms with Gasteiger partial charge in [-0.05, 0) is 62.6 Å². The Kier molecular flexibility index (Phi) is 8.94. The fourth-order valence-corrected chi connectivity index (χ4v) is 3.39. The number of nitrogens with zero attached hydrogens (tertiary/aromatic N) is 1. The van der Waals surface area contributed by atoms with Gasteiger partial charge in [0, 0.05) is 31.1 Å². The van der Waals surface area contributed by atoms with E-state index in [0.29, 0.717) is 19.4 Å². The average Bonchev–Trinajstić information content (AvgIpc) is 3.21. The summed E-state index contributed by atoms with van der Waals surface area (Å²) in [6.45, 7) is 8.81. The molecule has 2 N–H and O–H groups in total. The van der Waals surface area contributed by atoms with E-state index in [-0.39, 0.29) is 6.42 Å². The Labute approximate surface area is 163 Å². The predicted octanol–water partition coefficient (Wildman–Crippen LogP) is 5.45. The summed E-state index contributed by atoms with van der Waals surface area (Å²) in [4.78, 5) is 4.62. The summed E-state index contributed by atoms with van der Waals surface area (Å²) in [5.74, 6) is -1.12. The van der Waals surface area contributed by atoms with Crippen molar-refractivity contribution in [3.8, 4) is 0 Å². The molecule has 2 aliphatic rings. The second-order valence-electron chi connectivity index (χ2n) is 8.30. The van der Waals surface area contributed by atoms with Crippen LogP contribution in [0.3, 0.4) is 0 Å². The lowest BCUT2D eigenvalue weighted by molar-refractivity contribution is -0.0597. The topological polar surface area (TPSA) is 37.0 Å². The molecule has 0 saturated carbocycles. The van der Waals surface area contributed by atoms with Gasteiger partial charge in [0.1, 0.15) is 5.82 Å². The summed E-state index contributed by atoms with van der Waals surface area (Å²) in [6, 6.07) is 4.17. The lowest BCUT2D eigenvalue weighted by Crippen LogP contribution is -2.29. The molecule has 0 aromatic carbocycles. The number of anilines is 1. The molecule has 1 aromatic rings. The first-order valence-corrected chi connectivity index (χ1v) is 10.7. The highest BCUT2D eigenvalue weighted by Crippen LogP contribution is 2.34. The number of fused-ring (bicyclic) bond motifs is 1. The molecule has 0 spiro atoms. The smallest absolute Gasteiger partial charge is 0.252 e. The number of nitrogens with one attached hydrogen (secondary N) is 2. The molecule has 1 aromatic heterocycles. The van der Waals surface area contributed by atoms with Gasteiger partial charge >= 0.3 is 0 Å². The highest BCUT2D eigenvalue weighted by molar-refractivity contribution is 5.46. The zero-order valence-electron chi connectivity index (χ0n) is 17.3. The molecule has 0 amide bonds. The van der Waals surface area contributed by atoms with Gasteiger partial charge in [-0.15, -0.1) is 0 Å². The Hall–Kier alpha value is -1.23. The van der Waals surface area contributed by atoms with Gasteiger partial charge in [-0.25, -0.2) is 13.8 Å². The largest absolute Gasteiger partial charge is 0.370 e. The van der Waals surface area contributed by atoms with E-state index < -0.39 is 11.8 Å². The first-order chi connectivity index (χ1) is 12.9. The van der Waals surface area contributed by atoms with E-state index in [4.69, 9.17) is 0 Å². The minimum Gasteiger partial charge on any atom is -0.370 e. The van der Waals surface area contributed by atoms with Crippen molar-refractivity contribution in [3.05, 3.63) is 23.4 Å². The number of hydrogen-bond acceptors (Lipinski definition) is 3. The minimum atomic E-state index is -2.52. The van der Waals surface area contributed by atoms with Crippen LogP contribution in [0, 0.1) is 11.8 Å². The van der Waals surface area contributed by atoms with Crippen molar-refractivity contribution in [1.82, 2.24) is 10.3 Å². The summed E-state index contributed by atoms with van der Waals surface area (Å²) >= 11 is 0. The number of hydrogen-bond donors (Lipinski definition) is 2. The van der Waals surface area contributed by atoms with Crippen LogP contribution < -0.4 is 10.6 Å². The van der Waals surface area contributed by atoms with Gasteiger partial charge in [-0.3, -0.25) is 0 Å². The van der Waals surface area contributed by atoms with Crippen molar-refractivity contribution in [3.63, 3.8) is 0 Å². The monoisotopic (exact) mass is 381 g/mol. The molecule has 0 aliphatic carbocycles. The number of aromatic nitrogens is 1. The lowest BCUT2D eigenvalue weighted by atomic mass is 9.95. The Bertz CT molecular complexity index is 554. The van der Waals surface area contributed by atoms with Crippen molar-refractivity contribution >= 4 is 5.82 Å².